The molecular weight excluding hydrogens is 641 g/mol. The molecule has 7 nitrogen and oxygen atoms in total. The van der Waals surface area contributed by atoms with E-state index < -0.39 is 28.5 Å². The summed E-state index contributed by atoms with van der Waals surface area (Å²) in [6.07, 6.45) is 0.220. The molecule has 1 N–H and O–H groups in total. The Bertz CT molecular complexity index is 1760. The zero-order valence-corrected chi connectivity index (χ0v) is 28.7. The second-order valence-electron chi connectivity index (χ2n) is 11.8. The number of rotatable bonds is 13. The van der Waals surface area contributed by atoms with Crippen LogP contribution < -0.4 is 9.62 Å². The lowest BCUT2D eigenvalue weighted by Crippen LogP contribution is -2.53. The van der Waals surface area contributed by atoms with E-state index in [1.807, 2.05) is 57.2 Å². The van der Waals surface area contributed by atoms with Crippen LogP contribution in [0.2, 0.25) is 10.0 Å². The Kier molecular flexibility index (Phi) is 11.9. The number of halogens is 2. The molecule has 0 aliphatic heterocycles. The Labute approximate surface area is 282 Å². The van der Waals surface area contributed by atoms with Crippen LogP contribution >= 0.6 is 23.2 Å². The van der Waals surface area contributed by atoms with E-state index in [4.69, 9.17) is 23.2 Å². The summed E-state index contributed by atoms with van der Waals surface area (Å²) >= 11 is 12.7. The summed E-state index contributed by atoms with van der Waals surface area (Å²) < 4.78 is 29.6. The first-order valence-electron chi connectivity index (χ1n) is 15.1. The normalized spacial score (nSPS) is 12.1. The number of aryl methyl sites for hydroxylation is 2. The predicted octanol–water partition coefficient (Wildman–Crippen LogP) is 7.22. The van der Waals surface area contributed by atoms with Gasteiger partial charge in [0.2, 0.25) is 11.8 Å². The van der Waals surface area contributed by atoms with Gasteiger partial charge in [0.15, 0.2) is 0 Å². The number of carbonyl (C=O) groups is 2. The molecule has 0 saturated carbocycles. The number of benzene rings is 4. The molecule has 4 rings (SSSR count). The van der Waals surface area contributed by atoms with E-state index >= 15 is 0 Å². The zero-order chi connectivity index (χ0) is 33.4. The monoisotopic (exact) mass is 679 g/mol. The largest absolute Gasteiger partial charge is 0.354 e. The minimum atomic E-state index is -4.24. The Morgan fingerprint density at radius 3 is 2.11 bits per heavy atom. The van der Waals surface area contributed by atoms with Gasteiger partial charge in [0, 0.05) is 29.6 Å². The van der Waals surface area contributed by atoms with Gasteiger partial charge in [-0.15, -0.1) is 0 Å². The lowest BCUT2D eigenvalue weighted by atomic mass is 10.0. The molecular formula is C36H39Cl2N3O4S. The number of hydrogen-bond donors (Lipinski definition) is 1. The number of sulfonamides is 1. The second-order valence-corrected chi connectivity index (χ2v) is 14.5. The van der Waals surface area contributed by atoms with Crippen molar-refractivity contribution in [3.63, 3.8) is 0 Å². The standard InChI is InChI=1S/C36H39Cl2N3O4S/c1-25(2)22-39-36(43)34(20-28-9-6-5-7-10-28)40(23-29-11-8-12-30(37)19-29)35(42)24-41(33-21-31(38)16-15-27(33)4)46(44,45)32-17-13-26(3)14-18-32/h5-19,21,25,34H,20,22-24H2,1-4H3,(H,39,43)/t34-/m0/s1. The van der Waals surface area contributed by atoms with Crippen LogP contribution in [0.25, 0.3) is 0 Å². The van der Waals surface area contributed by atoms with Gasteiger partial charge in [-0.25, -0.2) is 8.42 Å². The van der Waals surface area contributed by atoms with Gasteiger partial charge in [0.25, 0.3) is 10.0 Å². The first-order valence-corrected chi connectivity index (χ1v) is 17.3. The van der Waals surface area contributed by atoms with Crippen molar-refractivity contribution in [2.24, 2.45) is 5.92 Å². The number of carbonyl (C=O) groups excluding carboxylic acids is 2. The maximum atomic E-state index is 14.6. The number of nitrogens with zero attached hydrogens (tertiary/aromatic N) is 2. The maximum absolute atomic E-state index is 14.6. The van der Waals surface area contributed by atoms with E-state index in [1.54, 1.807) is 49.4 Å². The zero-order valence-electron chi connectivity index (χ0n) is 26.4. The molecule has 0 aromatic heterocycles. The average Bonchev–Trinajstić information content (AvgIpc) is 3.02. The van der Waals surface area contributed by atoms with E-state index in [2.05, 4.69) is 5.32 Å². The summed E-state index contributed by atoms with van der Waals surface area (Å²) in [5.74, 6) is -0.713. The van der Waals surface area contributed by atoms with Crippen molar-refractivity contribution in [1.82, 2.24) is 10.2 Å². The third kappa shape index (κ3) is 9.12. The molecule has 0 bridgehead atoms. The van der Waals surface area contributed by atoms with Crippen LogP contribution in [0.4, 0.5) is 5.69 Å². The predicted molar refractivity (Wildman–Crippen MR) is 186 cm³/mol. The van der Waals surface area contributed by atoms with Crippen molar-refractivity contribution in [3.8, 4) is 0 Å². The van der Waals surface area contributed by atoms with Gasteiger partial charge in [-0.3, -0.25) is 13.9 Å². The number of anilines is 1. The second kappa shape index (κ2) is 15.6. The van der Waals surface area contributed by atoms with Crippen LogP contribution in [0, 0.1) is 19.8 Å². The van der Waals surface area contributed by atoms with Crippen molar-refractivity contribution in [2.45, 2.75) is 51.6 Å². The summed E-state index contributed by atoms with van der Waals surface area (Å²) in [6, 6.07) is 26.9. The topological polar surface area (TPSA) is 86.8 Å². The lowest BCUT2D eigenvalue weighted by Gasteiger charge is -2.34. The molecule has 46 heavy (non-hydrogen) atoms. The van der Waals surface area contributed by atoms with E-state index in [0.29, 0.717) is 27.7 Å². The van der Waals surface area contributed by atoms with Crippen LogP contribution in [0.15, 0.2) is 102 Å². The average molecular weight is 681 g/mol. The fourth-order valence-electron chi connectivity index (χ4n) is 5.01. The molecule has 0 radical (unpaired) electrons. The van der Waals surface area contributed by atoms with Crippen LogP contribution in [-0.4, -0.2) is 44.3 Å². The Balaban J connectivity index is 1.83. The van der Waals surface area contributed by atoms with E-state index in [-0.39, 0.29) is 35.4 Å². The Morgan fingerprint density at radius 1 is 0.804 bits per heavy atom. The maximum Gasteiger partial charge on any atom is 0.264 e. The summed E-state index contributed by atoms with van der Waals surface area (Å²) in [7, 11) is -4.24. The van der Waals surface area contributed by atoms with Gasteiger partial charge in [-0.2, -0.15) is 0 Å². The van der Waals surface area contributed by atoms with Crippen LogP contribution in [0.5, 0.6) is 0 Å². The molecule has 4 aromatic carbocycles. The minimum Gasteiger partial charge on any atom is -0.354 e. The van der Waals surface area contributed by atoms with Crippen molar-refractivity contribution in [2.75, 3.05) is 17.4 Å². The van der Waals surface area contributed by atoms with Crippen LogP contribution in [0.3, 0.4) is 0 Å². The first-order chi connectivity index (χ1) is 21.8. The number of nitrogens with one attached hydrogen (secondary N) is 1. The molecule has 10 heteroatoms. The smallest absolute Gasteiger partial charge is 0.264 e. The highest BCUT2D eigenvalue weighted by molar-refractivity contribution is 7.92. The van der Waals surface area contributed by atoms with Gasteiger partial charge in [0.1, 0.15) is 12.6 Å². The minimum absolute atomic E-state index is 0.0267. The summed E-state index contributed by atoms with van der Waals surface area (Å²) in [5, 5.41) is 3.79. The highest BCUT2D eigenvalue weighted by atomic mass is 35.5. The fourth-order valence-corrected chi connectivity index (χ4v) is 6.86. The molecule has 0 unspecified atom stereocenters. The molecule has 2 amide bonds. The van der Waals surface area contributed by atoms with Gasteiger partial charge in [-0.05, 0) is 72.9 Å². The van der Waals surface area contributed by atoms with Gasteiger partial charge in [0.05, 0.1) is 10.6 Å². The molecule has 0 aliphatic carbocycles. The Morgan fingerprint density at radius 2 is 1.46 bits per heavy atom. The molecule has 0 spiro atoms. The summed E-state index contributed by atoms with van der Waals surface area (Å²) in [6.45, 7) is 7.47. The van der Waals surface area contributed by atoms with Crippen LogP contribution in [0.1, 0.15) is 36.1 Å². The third-order valence-electron chi connectivity index (χ3n) is 7.53. The molecule has 0 heterocycles. The first kappa shape index (κ1) is 35.0. The quantitative estimate of drug-likeness (QED) is 0.162. The van der Waals surface area contributed by atoms with Crippen molar-refractivity contribution in [1.29, 1.82) is 0 Å². The van der Waals surface area contributed by atoms with E-state index in [9.17, 15) is 18.0 Å². The molecule has 1 atom stereocenters. The van der Waals surface area contributed by atoms with Crippen molar-refractivity contribution >= 4 is 50.7 Å². The van der Waals surface area contributed by atoms with Gasteiger partial charge >= 0.3 is 0 Å². The highest BCUT2D eigenvalue weighted by Crippen LogP contribution is 2.30. The highest BCUT2D eigenvalue weighted by Gasteiger charge is 2.35. The SMILES string of the molecule is Cc1ccc(S(=O)(=O)N(CC(=O)N(Cc2cccc(Cl)c2)[C@@H](Cc2ccccc2)C(=O)NCC(C)C)c2cc(Cl)ccc2C)cc1. The van der Waals surface area contributed by atoms with E-state index in [0.717, 1.165) is 15.4 Å². The van der Waals surface area contributed by atoms with Crippen molar-refractivity contribution in [3.05, 3.63) is 129 Å². The lowest BCUT2D eigenvalue weighted by molar-refractivity contribution is -0.140. The molecule has 0 aliphatic rings. The third-order valence-corrected chi connectivity index (χ3v) is 9.77. The fraction of sp³-hybridized carbons (Fsp3) is 0.278. The van der Waals surface area contributed by atoms with E-state index in [1.165, 1.54) is 23.1 Å². The van der Waals surface area contributed by atoms with Gasteiger partial charge < -0.3 is 10.2 Å². The molecule has 0 saturated heterocycles. The summed E-state index contributed by atoms with van der Waals surface area (Å²) in [4.78, 5) is 30.0. The van der Waals surface area contributed by atoms with Gasteiger partial charge in [-0.1, -0.05) is 103 Å². The number of amides is 2. The molecule has 4 aromatic rings. The van der Waals surface area contributed by atoms with Crippen molar-refractivity contribution < 1.29 is 18.0 Å². The van der Waals surface area contributed by atoms with Crippen LogP contribution in [-0.2, 0) is 32.6 Å². The molecule has 242 valence electrons. The number of hydrogen-bond acceptors (Lipinski definition) is 4. The Hall–Kier alpha value is -3.85. The summed E-state index contributed by atoms with van der Waals surface area (Å²) in [5.41, 5.74) is 3.33. The molecule has 0 fully saturated rings.